The van der Waals surface area contributed by atoms with Crippen LogP contribution in [-0.4, -0.2) is 16.7 Å². The van der Waals surface area contributed by atoms with Gasteiger partial charge in [-0.05, 0) is 79.0 Å². The van der Waals surface area contributed by atoms with Crippen LogP contribution in [0.5, 0.6) is 0 Å². The Kier molecular flexibility index (Phi) is 5.57. The van der Waals surface area contributed by atoms with E-state index < -0.39 is 0 Å². The fourth-order valence-corrected chi connectivity index (χ4v) is 7.07. The monoisotopic (exact) mass is 602 g/mol. The molecular formula is C42H26N4O. The lowest BCUT2D eigenvalue weighted by Crippen LogP contribution is -2.33. The Morgan fingerprint density at radius 3 is 2.21 bits per heavy atom. The van der Waals surface area contributed by atoms with Crippen molar-refractivity contribution in [2.75, 3.05) is 0 Å². The van der Waals surface area contributed by atoms with Crippen LogP contribution in [0, 0.1) is 0 Å². The molecule has 0 saturated carbocycles. The number of furan rings is 1. The van der Waals surface area contributed by atoms with Gasteiger partial charge in [0.25, 0.3) is 0 Å². The van der Waals surface area contributed by atoms with Crippen molar-refractivity contribution >= 4 is 76.8 Å². The third-order valence-corrected chi connectivity index (χ3v) is 9.34. The van der Waals surface area contributed by atoms with Crippen LogP contribution in [0.4, 0.5) is 0 Å². The topological polar surface area (TPSA) is 62.8 Å². The summed E-state index contributed by atoms with van der Waals surface area (Å²) in [5.74, 6) is 1.41. The standard InChI is InChI=1S/C42H26N4O/c1-2-9-27-23-29(15-14-25(27)7-1)40-44-41(46-42(45-40)35-11-5-12-36-38(35)39-37(47-36)13-6-22-43-39)30-18-19-32-28(24-30)17-21-33-31-10-4-3-8-26(31)16-20-34(32)33/h1-24,40H,(H,44,45,46). The molecule has 5 heteroatoms. The Morgan fingerprint density at radius 1 is 0.553 bits per heavy atom. The van der Waals surface area contributed by atoms with Crippen LogP contribution in [0.2, 0.25) is 0 Å². The van der Waals surface area contributed by atoms with E-state index in [1.54, 1.807) is 6.20 Å². The van der Waals surface area contributed by atoms with E-state index in [4.69, 9.17) is 14.4 Å². The first-order valence-electron chi connectivity index (χ1n) is 15.8. The Bertz CT molecular complexity index is 2790. The maximum atomic E-state index is 6.19. The molecule has 5 nitrogen and oxygen atoms in total. The highest BCUT2D eigenvalue weighted by atomic mass is 16.3. The molecule has 2 aromatic heterocycles. The van der Waals surface area contributed by atoms with Crippen LogP contribution in [0.15, 0.2) is 160 Å². The van der Waals surface area contributed by atoms with Gasteiger partial charge >= 0.3 is 0 Å². The van der Waals surface area contributed by atoms with Gasteiger partial charge in [-0.2, -0.15) is 0 Å². The number of nitrogens with zero attached hydrogens (tertiary/aromatic N) is 3. The van der Waals surface area contributed by atoms with Crippen LogP contribution in [-0.2, 0) is 0 Å². The van der Waals surface area contributed by atoms with E-state index >= 15 is 0 Å². The van der Waals surface area contributed by atoms with Gasteiger partial charge in [-0.1, -0.05) is 109 Å². The number of hydrogen-bond donors (Lipinski definition) is 1. The van der Waals surface area contributed by atoms with Crippen molar-refractivity contribution in [1.29, 1.82) is 0 Å². The number of rotatable bonds is 3. The van der Waals surface area contributed by atoms with Gasteiger partial charge in [0.2, 0.25) is 0 Å². The van der Waals surface area contributed by atoms with E-state index in [1.807, 2.05) is 24.3 Å². The van der Waals surface area contributed by atoms with E-state index in [9.17, 15) is 0 Å². The molecule has 0 fully saturated rings. The van der Waals surface area contributed by atoms with Crippen LogP contribution < -0.4 is 5.32 Å². The molecule has 1 aliphatic heterocycles. The minimum Gasteiger partial charge on any atom is -0.454 e. The van der Waals surface area contributed by atoms with Crippen LogP contribution in [0.1, 0.15) is 22.9 Å². The highest BCUT2D eigenvalue weighted by Crippen LogP contribution is 2.34. The fraction of sp³-hybridized carbons (Fsp3) is 0.0238. The van der Waals surface area contributed by atoms with E-state index in [0.717, 1.165) is 50.0 Å². The van der Waals surface area contributed by atoms with Crippen molar-refractivity contribution < 1.29 is 4.42 Å². The van der Waals surface area contributed by atoms with Gasteiger partial charge in [0.1, 0.15) is 23.1 Å². The molecule has 9 aromatic rings. The fourth-order valence-electron chi connectivity index (χ4n) is 7.07. The van der Waals surface area contributed by atoms with Crippen LogP contribution in [0.25, 0.3) is 65.2 Å². The quantitative estimate of drug-likeness (QED) is 0.205. The lowest BCUT2D eigenvalue weighted by Gasteiger charge is -2.24. The second-order valence-electron chi connectivity index (χ2n) is 12.1. The van der Waals surface area contributed by atoms with Crippen molar-refractivity contribution in [3.8, 4) is 0 Å². The zero-order valence-corrected chi connectivity index (χ0v) is 25.2. The van der Waals surface area contributed by atoms with Gasteiger partial charge in [-0.3, -0.25) is 4.98 Å². The Labute approximate surface area is 269 Å². The van der Waals surface area contributed by atoms with E-state index in [0.29, 0.717) is 5.84 Å². The predicted molar refractivity (Wildman–Crippen MR) is 193 cm³/mol. The van der Waals surface area contributed by atoms with Crippen LogP contribution >= 0.6 is 0 Å². The largest absolute Gasteiger partial charge is 0.454 e. The third-order valence-electron chi connectivity index (χ3n) is 9.34. The lowest BCUT2D eigenvalue weighted by atomic mass is 9.96. The molecule has 0 radical (unpaired) electrons. The zero-order chi connectivity index (χ0) is 30.9. The molecule has 0 spiro atoms. The normalized spacial score (nSPS) is 15.0. The molecule has 1 atom stereocenters. The highest BCUT2D eigenvalue weighted by molar-refractivity contribution is 6.22. The highest BCUT2D eigenvalue weighted by Gasteiger charge is 2.24. The van der Waals surface area contributed by atoms with Crippen molar-refractivity contribution in [2.45, 2.75) is 6.17 Å². The second-order valence-corrected chi connectivity index (χ2v) is 12.1. The van der Waals surface area contributed by atoms with Gasteiger partial charge in [-0.25, -0.2) is 9.98 Å². The summed E-state index contributed by atoms with van der Waals surface area (Å²) in [5, 5.41) is 14.3. The number of benzene rings is 7. The van der Waals surface area contributed by atoms with E-state index in [-0.39, 0.29) is 6.17 Å². The van der Waals surface area contributed by atoms with E-state index in [2.05, 4.69) is 126 Å². The maximum Gasteiger partial charge on any atom is 0.159 e. The average Bonchev–Trinajstić information content (AvgIpc) is 3.53. The zero-order valence-electron chi connectivity index (χ0n) is 25.2. The first kappa shape index (κ1) is 25.9. The van der Waals surface area contributed by atoms with Crippen molar-refractivity contribution in [2.24, 2.45) is 9.98 Å². The second kappa shape index (κ2) is 10.1. The van der Waals surface area contributed by atoms with Gasteiger partial charge in [0.15, 0.2) is 11.4 Å². The first-order chi connectivity index (χ1) is 23.3. The smallest absolute Gasteiger partial charge is 0.159 e. The minimum absolute atomic E-state index is 0.345. The minimum atomic E-state index is -0.345. The number of amidine groups is 2. The van der Waals surface area contributed by atoms with Gasteiger partial charge in [0, 0.05) is 17.3 Å². The Hall–Kier alpha value is -6.33. The Morgan fingerprint density at radius 2 is 1.30 bits per heavy atom. The number of nitrogens with one attached hydrogen (secondary N) is 1. The molecule has 0 bridgehead atoms. The number of aromatic nitrogens is 1. The number of pyridine rings is 1. The van der Waals surface area contributed by atoms with E-state index in [1.165, 1.54) is 37.7 Å². The molecule has 0 amide bonds. The molecule has 220 valence electrons. The third kappa shape index (κ3) is 4.14. The Balaban J connectivity index is 1.16. The van der Waals surface area contributed by atoms with Gasteiger partial charge in [0.05, 0.1) is 5.39 Å². The molecule has 1 unspecified atom stereocenters. The summed E-state index contributed by atoms with van der Waals surface area (Å²) in [4.78, 5) is 15.1. The van der Waals surface area contributed by atoms with Gasteiger partial charge in [-0.15, -0.1) is 0 Å². The summed E-state index contributed by atoms with van der Waals surface area (Å²) in [6, 6.07) is 48.9. The molecule has 0 saturated heterocycles. The molecule has 1 aliphatic rings. The number of hydrogen-bond acceptors (Lipinski definition) is 5. The lowest BCUT2D eigenvalue weighted by molar-refractivity contribution is 0.667. The first-order valence-corrected chi connectivity index (χ1v) is 15.8. The van der Waals surface area contributed by atoms with Crippen molar-refractivity contribution in [3.05, 3.63) is 162 Å². The summed E-state index contributed by atoms with van der Waals surface area (Å²) in [5.41, 5.74) is 5.30. The van der Waals surface area contributed by atoms with Gasteiger partial charge < -0.3 is 9.73 Å². The molecule has 1 N–H and O–H groups in total. The van der Waals surface area contributed by atoms with Crippen LogP contribution in [0.3, 0.4) is 0 Å². The molecule has 10 rings (SSSR count). The predicted octanol–water partition coefficient (Wildman–Crippen LogP) is 10.1. The summed E-state index contributed by atoms with van der Waals surface area (Å²) in [6.45, 7) is 0. The average molecular weight is 603 g/mol. The maximum absolute atomic E-state index is 6.19. The molecule has 3 heterocycles. The van der Waals surface area contributed by atoms with Crippen molar-refractivity contribution in [3.63, 3.8) is 0 Å². The molecular weight excluding hydrogens is 576 g/mol. The summed E-state index contributed by atoms with van der Waals surface area (Å²) < 4.78 is 6.19. The molecule has 47 heavy (non-hydrogen) atoms. The molecule has 7 aromatic carbocycles. The summed E-state index contributed by atoms with van der Waals surface area (Å²) in [6.07, 6.45) is 1.46. The molecule has 0 aliphatic carbocycles. The summed E-state index contributed by atoms with van der Waals surface area (Å²) >= 11 is 0. The summed E-state index contributed by atoms with van der Waals surface area (Å²) in [7, 11) is 0. The van der Waals surface area contributed by atoms with Crippen molar-refractivity contribution in [1.82, 2.24) is 10.3 Å². The number of fused-ring (bicyclic) bond motifs is 9. The SMILES string of the molecule is c1ccc2cc(C3N=C(c4ccc5c(ccc6c7ccccc7ccc56)c4)N=C(c4cccc5oc6cccnc6c45)N3)ccc2c1. The number of aliphatic imine (C=N–C) groups is 2.